The van der Waals surface area contributed by atoms with Gasteiger partial charge in [0.1, 0.15) is 11.9 Å². The van der Waals surface area contributed by atoms with Crippen molar-refractivity contribution in [3.63, 3.8) is 0 Å². The Morgan fingerprint density at radius 1 is 1.44 bits per heavy atom. The number of hydrogen-bond donors (Lipinski definition) is 1. The van der Waals surface area contributed by atoms with Crippen molar-refractivity contribution in [3.05, 3.63) is 34.1 Å². The number of benzene rings is 1. The highest BCUT2D eigenvalue weighted by Crippen LogP contribution is 2.28. The third-order valence-corrected chi connectivity index (χ3v) is 3.46. The van der Waals surface area contributed by atoms with E-state index in [0.29, 0.717) is 16.6 Å². The maximum Gasteiger partial charge on any atom is 0.137 e. The van der Waals surface area contributed by atoms with Gasteiger partial charge in [0.15, 0.2) is 0 Å². The third kappa shape index (κ3) is 2.62. The standard InChI is InChI=1S/C12H14BrFO2/c13-9-7-8(4-5-10(9)14)12(15)11-3-1-2-6-16-11/h4-5,7,11-12,15H,1-3,6H2. The van der Waals surface area contributed by atoms with E-state index in [2.05, 4.69) is 15.9 Å². The summed E-state index contributed by atoms with van der Waals surface area (Å²) in [6, 6.07) is 4.56. The molecule has 0 radical (unpaired) electrons. The minimum absolute atomic E-state index is 0.161. The van der Waals surface area contributed by atoms with Crippen LogP contribution < -0.4 is 0 Å². The van der Waals surface area contributed by atoms with Gasteiger partial charge in [0, 0.05) is 6.61 Å². The fourth-order valence-electron chi connectivity index (χ4n) is 1.93. The van der Waals surface area contributed by atoms with Crippen molar-refractivity contribution >= 4 is 15.9 Å². The molecule has 2 nitrogen and oxygen atoms in total. The van der Waals surface area contributed by atoms with Crippen molar-refractivity contribution in [1.29, 1.82) is 0 Å². The zero-order valence-electron chi connectivity index (χ0n) is 8.83. The molecule has 2 rings (SSSR count). The topological polar surface area (TPSA) is 29.5 Å². The van der Waals surface area contributed by atoms with Gasteiger partial charge in [-0.05, 0) is 52.9 Å². The van der Waals surface area contributed by atoms with E-state index in [4.69, 9.17) is 4.74 Å². The average molecular weight is 289 g/mol. The Labute approximate surface area is 103 Å². The molecule has 4 heteroatoms. The first-order valence-corrected chi connectivity index (χ1v) is 6.22. The number of aliphatic hydroxyl groups is 1. The lowest BCUT2D eigenvalue weighted by atomic mass is 9.98. The quantitative estimate of drug-likeness (QED) is 0.906. The lowest BCUT2D eigenvalue weighted by molar-refractivity contribution is -0.0633. The van der Waals surface area contributed by atoms with Crippen molar-refractivity contribution in [2.75, 3.05) is 6.61 Å². The van der Waals surface area contributed by atoms with Gasteiger partial charge >= 0.3 is 0 Å². The average Bonchev–Trinajstić information content (AvgIpc) is 2.33. The summed E-state index contributed by atoms with van der Waals surface area (Å²) in [6.07, 6.45) is 2.15. The van der Waals surface area contributed by atoms with E-state index >= 15 is 0 Å². The van der Waals surface area contributed by atoms with Crippen molar-refractivity contribution in [2.45, 2.75) is 31.5 Å². The van der Waals surface area contributed by atoms with Crippen LogP contribution in [0, 0.1) is 5.82 Å². The number of halogens is 2. The van der Waals surface area contributed by atoms with Crippen LogP contribution in [0.5, 0.6) is 0 Å². The molecule has 2 atom stereocenters. The highest BCUT2D eigenvalue weighted by atomic mass is 79.9. The molecule has 2 unspecified atom stereocenters. The van der Waals surface area contributed by atoms with Gasteiger partial charge in [-0.15, -0.1) is 0 Å². The van der Waals surface area contributed by atoms with E-state index < -0.39 is 6.10 Å². The molecule has 88 valence electrons. The predicted octanol–water partition coefficient (Wildman–Crippen LogP) is 3.19. The molecule has 0 spiro atoms. The van der Waals surface area contributed by atoms with Gasteiger partial charge in [-0.3, -0.25) is 0 Å². The van der Waals surface area contributed by atoms with Crippen molar-refractivity contribution in [1.82, 2.24) is 0 Å². The Morgan fingerprint density at radius 3 is 2.88 bits per heavy atom. The first-order chi connectivity index (χ1) is 7.68. The van der Waals surface area contributed by atoms with E-state index in [1.54, 1.807) is 12.1 Å². The molecule has 1 aromatic carbocycles. The normalized spacial score (nSPS) is 23.1. The van der Waals surface area contributed by atoms with Gasteiger partial charge < -0.3 is 9.84 Å². The molecule has 1 aromatic rings. The van der Waals surface area contributed by atoms with Crippen LogP contribution in [0.25, 0.3) is 0 Å². The van der Waals surface area contributed by atoms with Crippen molar-refractivity contribution < 1.29 is 14.2 Å². The second-order valence-corrected chi connectivity index (χ2v) is 4.88. The molecule has 1 aliphatic rings. The zero-order chi connectivity index (χ0) is 11.5. The van der Waals surface area contributed by atoms with Gasteiger partial charge in [-0.2, -0.15) is 0 Å². The number of hydrogen-bond acceptors (Lipinski definition) is 2. The Balaban J connectivity index is 2.12. The fraction of sp³-hybridized carbons (Fsp3) is 0.500. The largest absolute Gasteiger partial charge is 0.386 e. The second-order valence-electron chi connectivity index (χ2n) is 4.02. The Morgan fingerprint density at radius 2 is 2.25 bits per heavy atom. The van der Waals surface area contributed by atoms with E-state index in [1.165, 1.54) is 6.07 Å². The fourth-order valence-corrected chi connectivity index (χ4v) is 2.32. The van der Waals surface area contributed by atoms with Crippen LogP contribution in [-0.4, -0.2) is 17.8 Å². The summed E-state index contributed by atoms with van der Waals surface area (Å²) in [4.78, 5) is 0. The minimum atomic E-state index is -0.669. The number of aliphatic hydroxyl groups excluding tert-OH is 1. The predicted molar refractivity (Wildman–Crippen MR) is 62.7 cm³/mol. The van der Waals surface area contributed by atoms with Crippen LogP contribution in [0.4, 0.5) is 4.39 Å². The van der Waals surface area contributed by atoms with Crippen LogP contribution in [0.1, 0.15) is 30.9 Å². The van der Waals surface area contributed by atoms with Gasteiger partial charge in [0.2, 0.25) is 0 Å². The van der Waals surface area contributed by atoms with Crippen LogP contribution in [0.2, 0.25) is 0 Å². The highest BCUT2D eigenvalue weighted by Gasteiger charge is 2.24. The molecule has 1 heterocycles. The number of rotatable bonds is 2. The first kappa shape index (κ1) is 12.0. The monoisotopic (exact) mass is 288 g/mol. The first-order valence-electron chi connectivity index (χ1n) is 5.43. The zero-order valence-corrected chi connectivity index (χ0v) is 10.4. The molecule has 1 saturated heterocycles. The summed E-state index contributed by atoms with van der Waals surface area (Å²) < 4.78 is 18.9. The van der Waals surface area contributed by atoms with Gasteiger partial charge in [0.05, 0.1) is 10.6 Å². The Kier molecular flexibility index (Phi) is 3.95. The molecule has 1 N–H and O–H groups in total. The van der Waals surface area contributed by atoms with E-state index in [-0.39, 0.29) is 11.9 Å². The van der Waals surface area contributed by atoms with Crippen LogP contribution in [0.15, 0.2) is 22.7 Å². The number of ether oxygens (including phenoxy) is 1. The Bertz CT molecular complexity index is 364. The molecule has 0 aromatic heterocycles. The molecular formula is C12H14BrFO2. The van der Waals surface area contributed by atoms with Gasteiger partial charge in [0.25, 0.3) is 0 Å². The van der Waals surface area contributed by atoms with Crippen molar-refractivity contribution in [2.24, 2.45) is 0 Å². The molecular weight excluding hydrogens is 275 g/mol. The smallest absolute Gasteiger partial charge is 0.137 e. The van der Waals surface area contributed by atoms with Gasteiger partial charge in [-0.1, -0.05) is 6.07 Å². The molecule has 0 saturated carbocycles. The SMILES string of the molecule is OC(c1ccc(F)c(Br)c1)C1CCCCO1. The van der Waals surface area contributed by atoms with Crippen molar-refractivity contribution in [3.8, 4) is 0 Å². The van der Waals surface area contributed by atoms with Crippen LogP contribution in [0.3, 0.4) is 0 Å². The molecule has 0 amide bonds. The summed E-state index contributed by atoms with van der Waals surface area (Å²) in [7, 11) is 0. The van der Waals surface area contributed by atoms with Crippen LogP contribution in [-0.2, 0) is 4.74 Å². The molecule has 1 aliphatic heterocycles. The summed E-state index contributed by atoms with van der Waals surface area (Å²) >= 11 is 3.11. The van der Waals surface area contributed by atoms with E-state index in [0.717, 1.165) is 19.3 Å². The molecule has 0 bridgehead atoms. The maximum absolute atomic E-state index is 13.0. The van der Waals surface area contributed by atoms with E-state index in [9.17, 15) is 9.50 Å². The highest BCUT2D eigenvalue weighted by molar-refractivity contribution is 9.10. The summed E-state index contributed by atoms with van der Waals surface area (Å²) in [5, 5.41) is 10.1. The summed E-state index contributed by atoms with van der Waals surface area (Å²) in [5.41, 5.74) is 0.695. The molecule has 1 fully saturated rings. The van der Waals surface area contributed by atoms with Crippen LogP contribution >= 0.6 is 15.9 Å². The van der Waals surface area contributed by atoms with E-state index in [1.807, 2.05) is 0 Å². The van der Waals surface area contributed by atoms with Gasteiger partial charge in [-0.25, -0.2) is 4.39 Å². The lowest BCUT2D eigenvalue weighted by Gasteiger charge is -2.27. The summed E-state index contributed by atoms with van der Waals surface area (Å²) in [6.45, 7) is 0.699. The minimum Gasteiger partial charge on any atom is -0.386 e. The maximum atomic E-state index is 13.0. The molecule has 16 heavy (non-hydrogen) atoms. The molecule has 0 aliphatic carbocycles. The summed E-state index contributed by atoms with van der Waals surface area (Å²) in [5.74, 6) is -0.319. The lowest BCUT2D eigenvalue weighted by Crippen LogP contribution is -2.26. The Hall–Kier alpha value is -0.450. The third-order valence-electron chi connectivity index (χ3n) is 2.85. The second kappa shape index (κ2) is 5.25.